The van der Waals surface area contributed by atoms with Crippen LogP contribution in [-0.2, 0) is 0 Å². The van der Waals surface area contributed by atoms with Crippen LogP contribution in [0.3, 0.4) is 0 Å². The second-order valence-electron chi connectivity index (χ2n) is 13.6. The van der Waals surface area contributed by atoms with Crippen molar-refractivity contribution < 1.29 is 4.42 Å². The smallest absolute Gasteiger partial charge is 0.164 e. The molecule has 0 radical (unpaired) electrons. The van der Waals surface area contributed by atoms with E-state index in [2.05, 4.69) is 133 Å². The molecule has 0 N–H and O–H groups in total. The maximum absolute atomic E-state index is 6.57. The first-order valence-electron chi connectivity index (χ1n) is 17.8. The van der Waals surface area contributed by atoms with Crippen molar-refractivity contribution in [2.24, 2.45) is 0 Å². The normalized spacial score (nSPS) is 11.8. The van der Waals surface area contributed by atoms with Crippen LogP contribution in [0.5, 0.6) is 0 Å². The van der Waals surface area contributed by atoms with Crippen LogP contribution < -0.4 is 0 Å². The van der Waals surface area contributed by atoms with Gasteiger partial charge in [0.25, 0.3) is 0 Å². The molecule has 2 aromatic heterocycles. The molecule has 0 bridgehead atoms. The minimum Gasteiger partial charge on any atom is -0.456 e. The van der Waals surface area contributed by atoms with E-state index in [9.17, 15) is 0 Å². The van der Waals surface area contributed by atoms with E-state index >= 15 is 0 Å². The summed E-state index contributed by atoms with van der Waals surface area (Å²) in [5.41, 5.74) is 6.64. The van der Waals surface area contributed by atoms with Gasteiger partial charge in [0.15, 0.2) is 17.5 Å². The van der Waals surface area contributed by atoms with Gasteiger partial charge in [-0.3, -0.25) is 0 Å². The molecule has 0 saturated carbocycles. The molecule has 4 heteroatoms. The lowest BCUT2D eigenvalue weighted by molar-refractivity contribution is 0.669. The van der Waals surface area contributed by atoms with E-state index in [-0.39, 0.29) is 0 Å². The molecule has 0 saturated heterocycles. The summed E-state index contributed by atoms with van der Waals surface area (Å²) in [5.74, 6) is 1.86. The average molecular weight is 676 g/mol. The first-order chi connectivity index (χ1) is 26.2. The predicted molar refractivity (Wildman–Crippen MR) is 219 cm³/mol. The van der Waals surface area contributed by atoms with Gasteiger partial charge in [0.1, 0.15) is 11.2 Å². The third kappa shape index (κ3) is 4.88. The van der Waals surface area contributed by atoms with Crippen molar-refractivity contribution in [2.75, 3.05) is 0 Å². The molecular formula is C49H29N3O. The van der Waals surface area contributed by atoms with Gasteiger partial charge < -0.3 is 4.42 Å². The summed E-state index contributed by atoms with van der Waals surface area (Å²) in [6.07, 6.45) is 0. The van der Waals surface area contributed by atoms with Crippen LogP contribution in [0.15, 0.2) is 180 Å². The van der Waals surface area contributed by atoms with Crippen LogP contribution in [0.4, 0.5) is 0 Å². The van der Waals surface area contributed by atoms with Crippen molar-refractivity contribution in [3.05, 3.63) is 176 Å². The van der Waals surface area contributed by atoms with Crippen molar-refractivity contribution in [3.8, 4) is 45.3 Å². The van der Waals surface area contributed by atoms with Gasteiger partial charge >= 0.3 is 0 Å². The number of benzene rings is 9. The highest BCUT2D eigenvalue weighted by Gasteiger charge is 2.18. The number of fused-ring (bicyclic) bond motifs is 9. The van der Waals surface area contributed by atoms with Crippen molar-refractivity contribution in [1.82, 2.24) is 15.0 Å². The third-order valence-corrected chi connectivity index (χ3v) is 10.5. The highest BCUT2D eigenvalue weighted by molar-refractivity contribution is 6.18. The Kier molecular flexibility index (Phi) is 6.52. The zero-order chi connectivity index (χ0) is 34.9. The zero-order valence-electron chi connectivity index (χ0n) is 28.5. The lowest BCUT2D eigenvalue weighted by atomic mass is 9.94. The van der Waals surface area contributed by atoms with Crippen molar-refractivity contribution in [3.63, 3.8) is 0 Å². The summed E-state index contributed by atoms with van der Waals surface area (Å²) in [7, 11) is 0. The molecule has 246 valence electrons. The van der Waals surface area contributed by atoms with Crippen molar-refractivity contribution in [1.29, 1.82) is 0 Å². The van der Waals surface area contributed by atoms with Gasteiger partial charge in [-0.25, -0.2) is 15.0 Å². The standard InChI is InChI=1S/C49H29N3O/c1-2-11-32(12-3-1)47-50-48(37-18-17-30-9-4-5-13-33(30)28-37)52-49(51-47)43-15-8-16-44-46(43)42-26-21-35(29-45(42)53-44)34-20-23-39-36(27-34)22-25-40-38-14-7-6-10-31(38)19-24-41(39)40/h1-29H. The first kappa shape index (κ1) is 29.5. The molecule has 0 aliphatic heterocycles. The van der Waals surface area contributed by atoms with Gasteiger partial charge in [0.05, 0.1) is 0 Å². The average Bonchev–Trinajstić information content (AvgIpc) is 3.61. The fourth-order valence-corrected chi connectivity index (χ4v) is 7.87. The Hall–Kier alpha value is -7.17. The summed E-state index contributed by atoms with van der Waals surface area (Å²) in [5, 5.41) is 11.9. The van der Waals surface area contributed by atoms with Gasteiger partial charge in [0, 0.05) is 27.5 Å². The Morgan fingerprint density at radius 1 is 0.302 bits per heavy atom. The van der Waals surface area contributed by atoms with Gasteiger partial charge in [-0.05, 0) is 84.5 Å². The fourth-order valence-electron chi connectivity index (χ4n) is 7.87. The Bertz CT molecular complexity index is 3240. The maximum Gasteiger partial charge on any atom is 0.164 e. The molecule has 11 aromatic rings. The van der Waals surface area contributed by atoms with E-state index in [0.29, 0.717) is 17.5 Å². The van der Waals surface area contributed by atoms with E-state index in [1.165, 1.54) is 37.7 Å². The fraction of sp³-hybridized carbons (Fsp3) is 0. The number of aromatic nitrogens is 3. The quantitative estimate of drug-likeness (QED) is 0.174. The summed E-state index contributed by atoms with van der Waals surface area (Å²) < 4.78 is 6.57. The van der Waals surface area contributed by atoms with Crippen molar-refractivity contribution >= 4 is 65.0 Å². The van der Waals surface area contributed by atoms with E-state index in [4.69, 9.17) is 19.4 Å². The van der Waals surface area contributed by atoms with E-state index in [1.807, 2.05) is 42.5 Å². The molecule has 0 atom stereocenters. The second kappa shape index (κ2) is 11.7. The SMILES string of the molecule is c1ccc(-c2nc(-c3ccc4ccccc4c3)nc(-c3cccc4oc5cc(-c6ccc7c(ccc8c9ccccc9ccc78)c6)ccc5c34)n2)cc1. The van der Waals surface area contributed by atoms with Crippen LogP contribution in [0.25, 0.3) is 110 Å². The molecule has 9 aromatic carbocycles. The molecule has 0 aliphatic carbocycles. The Labute approximate surface area is 304 Å². The van der Waals surface area contributed by atoms with E-state index < -0.39 is 0 Å². The Morgan fingerprint density at radius 3 is 1.74 bits per heavy atom. The zero-order valence-corrected chi connectivity index (χ0v) is 28.5. The largest absolute Gasteiger partial charge is 0.456 e. The highest BCUT2D eigenvalue weighted by atomic mass is 16.3. The monoisotopic (exact) mass is 675 g/mol. The molecule has 0 aliphatic rings. The lowest BCUT2D eigenvalue weighted by Gasteiger charge is -2.10. The molecule has 0 amide bonds. The predicted octanol–water partition coefficient (Wildman–Crippen LogP) is 13.1. The third-order valence-electron chi connectivity index (χ3n) is 10.5. The van der Waals surface area contributed by atoms with Gasteiger partial charge in [0.2, 0.25) is 0 Å². The molecule has 11 rings (SSSR count). The summed E-state index contributed by atoms with van der Waals surface area (Å²) in [6.45, 7) is 0. The summed E-state index contributed by atoms with van der Waals surface area (Å²) in [4.78, 5) is 15.2. The molecule has 2 heterocycles. The molecule has 0 unspecified atom stereocenters. The minimum absolute atomic E-state index is 0.605. The summed E-state index contributed by atoms with van der Waals surface area (Å²) in [6, 6.07) is 61.7. The van der Waals surface area contributed by atoms with Crippen molar-refractivity contribution in [2.45, 2.75) is 0 Å². The molecule has 0 spiro atoms. The number of nitrogens with zero attached hydrogens (tertiary/aromatic N) is 3. The molecular weight excluding hydrogens is 647 g/mol. The topological polar surface area (TPSA) is 51.8 Å². The van der Waals surface area contributed by atoms with Gasteiger partial charge in [-0.15, -0.1) is 0 Å². The Balaban J connectivity index is 1.04. The number of furan rings is 1. The van der Waals surface area contributed by atoms with Gasteiger partial charge in [-0.1, -0.05) is 146 Å². The highest BCUT2D eigenvalue weighted by Crippen LogP contribution is 2.39. The first-order valence-corrected chi connectivity index (χ1v) is 17.8. The molecule has 4 nitrogen and oxygen atoms in total. The number of rotatable bonds is 4. The molecule has 53 heavy (non-hydrogen) atoms. The second-order valence-corrected chi connectivity index (χ2v) is 13.6. The van der Waals surface area contributed by atoms with Crippen LogP contribution in [0, 0.1) is 0 Å². The number of hydrogen-bond donors (Lipinski definition) is 0. The van der Waals surface area contributed by atoms with Crippen LogP contribution in [-0.4, -0.2) is 15.0 Å². The number of hydrogen-bond acceptors (Lipinski definition) is 4. The summed E-state index contributed by atoms with van der Waals surface area (Å²) >= 11 is 0. The van der Waals surface area contributed by atoms with Crippen LogP contribution in [0.2, 0.25) is 0 Å². The molecule has 0 fully saturated rings. The van der Waals surface area contributed by atoms with Crippen LogP contribution >= 0.6 is 0 Å². The van der Waals surface area contributed by atoms with E-state index in [1.54, 1.807) is 0 Å². The maximum atomic E-state index is 6.57. The van der Waals surface area contributed by atoms with Gasteiger partial charge in [-0.2, -0.15) is 0 Å². The van der Waals surface area contributed by atoms with Crippen LogP contribution in [0.1, 0.15) is 0 Å². The Morgan fingerprint density at radius 2 is 0.887 bits per heavy atom. The van der Waals surface area contributed by atoms with E-state index in [0.717, 1.165) is 55.1 Å². The minimum atomic E-state index is 0.605. The lowest BCUT2D eigenvalue weighted by Crippen LogP contribution is -2.00.